The first-order valence-corrected chi connectivity index (χ1v) is 17.3. The average molecular weight is 668 g/mol. The van der Waals surface area contributed by atoms with Crippen molar-refractivity contribution in [2.45, 2.75) is 76.5 Å². The molecule has 4 aromatic rings. The molecule has 1 aliphatic heterocycles. The Morgan fingerprint density at radius 2 is 1.61 bits per heavy atom. The molecular formula is C38H46FN7O3. The summed E-state index contributed by atoms with van der Waals surface area (Å²) in [5.41, 5.74) is 3.74. The Morgan fingerprint density at radius 3 is 2.29 bits per heavy atom. The minimum absolute atomic E-state index is 0.00344. The van der Waals surface area contributed by atoms with E-state index in [1.807, 2.05) is 18.2 Å². The number of carbonyl (C=O) groups excluding carboxylic acids is 2. The summed E-state index contributed by atoms with van der Waals surface area (Å²) in [4.78, 5) is 32.5. The van der Waals surface area contributed by atoms with Crippen LogP contribution < -0.4 is 20.7 Å². The number of amides is 2. The van der Waals surface area contributed by atoms with Gasteiger partial charge in [0.25, 0.3) is 11.8 Å². The monoisotopic (exact) mass is 667 g/mol. The molecule has 258 valence electrons. The van der Waals surface area contributed by atoms with Gasteiger partial charge >= 0.3 is 0 Å². The molecule has 1 saturated carbocycles. The number of nitrogens with zero attached hydrogens (tertiary/aromatic N) is 4. The van der Waals surface area contributed by atoms with E-state index in [-0.39, 0.29) is 29.4 Å². The lowest BCUT2D eigenvalue weighted by molar-refractivity contribution is 0.0887. The van der Waals surface area contributed by atoms with Gasteiger partial charge in [-0.15, -0.1) is 0 Å². The Balaban J connectivity index is 1.03. The lowest BCUT2D eigenvalue weighted by Crippen LogP contribution is -2.54. The summed E-state index contributed by atoms with van der Waals surface area (Å²) >= 11 is 0. The smallest absolute Gasteiger partial charge is 0.271 e. The van der Waals surface area contributed by atoms with Crippen molar-refractivity contribution >= 4 is 11.8 Å². The number of rotatable bonds is 11. The molecule has 0 radical (unpaired) electrons. The summed E-state index contributed by atoms with van der Waals surface area (Å²) in [7, 11) is 1.77. The predicted molar refractivity (Wildman–Crippen MR) is 187 cm³/mol. The Labute approximate surface area is 287 Å². The minimum Gasteiger partial charge on any atom is -0.438 e. The lowest BCUT2D eigenvalue weighted by atomic mass is 9.91. The molecule has 0 unspecified atom stereocenters. The summed E-state index contributed by atoms with van der Waals surface area (Å²) in [6.07, 6.45) is 7.69. The van der Waals surface area contributed by atoms with E-state index in [4.69, 9.17) is 4.74 Å². The second-order valence-corrected chi connectivity index (χ2v) is 13.5. The van der Waals surface area contributed by atoms with Crippen LogP contribution in [0.2, 0.25) is 0 Å². The van der Waals surface area contributed by atoms with E-state index < -0.39 is 11.7 Å². The molecule has 1 aliphatic carbocycles. The fraction of sp³-hybridized carbons (Fsp3) is 0.421. The van der Waals surface area contributed by atoms with E-state index in [1.165, 1.54) is 5.56 Å². The van der Waals surface area contributed by atoms with Gasteiger partial charge in [-0.25, -0.2) is 9.37 Å². The van der Waals surface area contributed by atoms with E-state index in [0.29, 0.717) is 49.2 Å². The largest absolute Gasteiger partial charge is 0.438 e. The molecule has 0 bridgehead atoms. The Bertz CT molecular complexity index is 1730. The van der Waals surface area contributed by atoms with Gasteiger partial charge in [0, 0.05) is 50.5 Å². The first-order valence-electron chi connectivity index (χ1n) is 17.3. The highest BCUT2D eigenvalue weighted by Gasteiger charge is 2.26. The first-order chi connectivity index (χ1) is 23.7. The van der Waals surface area contributed by atoms with Crippen LogP contribution in [0, 0.1) is 5.82 Å². The van der Waals surface area contributed by atoms with Crippen molar-refractivity contribution in [1.82, 2.24) is 35.6 Å². The highest BCUT2D eigenvalue weighted by atomic mass is 19.1. The molecule has 2 amide bonds. The molecular weight excluding hydrogens is 621 g/mol. The van der Waals surface area contributed by atoms with Crippen LogP contribution in [0.1, 0.15) is 72.4 Å². The predicted octanol–water partition coefficient (Wildman–Crippen LogP) is 5.50. The maximum absolute atomic E-state index is 14.3. The number of pyridine rings is 1. The molecule has 49 heavy (non-hydrogen) atoms. The van der Waals surface area contributed by atoms with Crippen LogP contribution in [-0.4, -0.2) is 75.3 Å². The number of hydrogen-bond acceptors (Lipinski definition) is 7. The number of piperazine rings is 1. The van der Waals surface area contributed by atoms with Gasteiger partial charge < -0.3 is 25.6 Å². The third-order valence-electron chi connectivity index (χ3n) is 9.32. The van der Waals surface area contributed by atoms with Crippen LogP contribution >= 0.6 is 0 Å². The van der Waals surface area contributed by atoms with Crippen molar-refractivity contribution < 1.29 is 18.7 Å². The third kappa shape index (κ3) is 9.30. The van der Waals surface area contributed by atoms with Crippen LogP contribution in [0.4, 0.5) is 4.39 Å². The molecule has 10 nitrogen and oxygen atoms in total. The molecule has 2 aliphatic rings. The van der Waals surface area contributed by atoms with Crippen molar-refractivity contribution in [1.29, 1.82) is 0 Å². The molecule has 2 fully saturated rings. The zero-order chi connectivity index (χ0) is 34.3. The molecule has 3 N–H and O–H groups in total. The number of carbonyl (C=O) groups is 2. The summed E-state index contributed by atoms with van der Waals surface area (Å²) in [5.74, 6) is -0.738. The van der Waals surface area contributed by atoms with Crippen molar-refractivity contribution in [3.8, 4) is 22.8 Å². The van der Waals surface area contributed by atoms with Gasteiger partial charge in [-0.3, -0.25) is 14.3 Å². The fourth-order valence-corrected chi connectivity index (χ4v) is 6.96. The van der Waals surface area contributed by atoms with Crippen LogP contribution in [0.3, 0.4) is 0 Å². The number of aromatic nitrogens is 3. The van der Waals surface area contributed by atoms with E-state index >= 15 is 0 Å². The number of hydrogen-bond donors (Lipinski definition) is 3. The summed E-state index contributed by atoms with van der Waals surface area (Å²) in [5, 5.41) is 13.8. The van der Waals surface area contributed by atoms with E-state index in [9.17, 15) is 14.0 Å². The third-order valence-corrected chi connectivity index (χ3v) is 9.32. The average Bonchev–Trinajstić information content (AvgIpc) is 3.53. The van der Waals surface area contributed by atoms with Crippen LogP contribution in [0.25, 0.3) is 11.1 Å². The first kappa shape index (κ1) is 34.3. The highest BCUT2D eigenvalue weighted by Crippen LogP contribution is 2.29. The van der Waals surface area contributed by atoms with Gasteiger partial charge in [-0.2, -0.15) is 5.10 Å². The normalized spacial score (nSPS) is 21.2. The summed E-state index contributed by atoms with van der Waals surface area (Å²) in [6, 6.07) is 20.0. The molecule has 2 atom stereocenters. The zero-order valence-electron chi connectivity index (χ0n) is 28.5. The van der Waals surface area contributed by atoms with Gasteiger partial charge in [0.15, 0.2) is 0 Å². The standard InChI is InChI=1S/C38H46FN7O3/c1-25-23-46(24-26(2)41-25)18-5-6-27-9-11-28(12-10-27)29-7-4-8-33(20-29)49-38-34(21-30(39)22-40-38)36(47)42-31-13-15-32(16-14-31)43-37(48)35-17-19-45(3)44-35/h4,7-12,17,19-22,25-26,31-32,41H,5-6,13-16,18,23-24H2,1-3H3,(H,42,47)(H,43,48)/t25-,26+,31-,32-. The highest BCUT2D eigenvalue weighted by molar-refractivity contribution is 5.96. The summed E-state index contributed by atoms with van der Waals surface area (Å²) in [6.45, 7) is 7.79. The number of nitrogens with one attached hydrogen (secondary N) is 3. The zero-order valence-corrected chi connectivity index (χ0v) is 28.5. The molecule has 3 heterocycles. The Kier molecular flexibility index (Phi) is 11.0. The van der Waals surface area contributed by atoms with Crippen molar-refractivity contribution in [3.05, 3.63) is 95.7 Å². The minimum atomic E-state index is -0.621. The van der Waals surface area contributed by atoms with Crippen LogP contribution in [-0.2, 0) is 13.5 Å². The van der Waals surface area contributed by atoms with E-state index in [2.05, 4.69) is 69.0 Å². The van der Waals surface area contributed by atoms with E-state index in [1.54, 1.807) is 30.1 Å². The maximum Gasteiger partial charge on any atom is 0.271 e. The molecule has 2 aromatic carbocycles. The SMILES string of the molecule is C[C@@H]1CN(CCCc2ccc(-c3cccc(Oc4ncc(F)cc4C(=O)N[C@H]4CC[C@H](NC(=O)c5ccn(C)n5)CC4)c3)cc2)C[C@H](C)N1. The van der Waals surface area contributed by atoms with Crippen molar-refractivity contribution in [2.24, 2.45) is 7.05 Å². The van der Waals surface area contributed by atoms with Crippen molar-refractivity contribution in [3.63, 3.8) is 0 Å². The Hall–Kier alpha value is -4.61. The van der Waals surface area contributed by atoms with Gasteiger partial charge in [0.2, 0.25) is 5.88 Å². The van der Waals surface area contributed by atoms with Gasteiger partial charge in [0.1, 0.15) is 22.8 Å². The van der Waals surface area contributed by atoms with Crippen LogP contribution in [0.5, 0.6) is 11.6 Å². The Morgan fingerprint density at radius 1 is 0.918 bits per heavy atom. The van der Waals surface area contributed by atoms with Gasteiger partial charge in [-0.05, 0) is 99.9 Å². The van der Waals surface area contributed by atoms with E-state index in [0.717, 1.165) is 55.9 Å². The molecule has 1 saturated heterocycles. The van der Waals surface area contributed by atoms with Gasteiger partial charge in [0.05, 0.1) is 6.20 Å². The maximum atomic E-state index is 14.3. The number of halogens is 1. The van der Waals surface area contributed by atoms with Gasteiger partial charge in [-0.1, -0.05) is 36.4 Å². The van der Waals surface area contributed by atoms with Crippen LogP contribution in [0.15, 0.2) is 73.1 Å². The quantitative estimate of drug-likeness (QED) is 0.194. The molecule has 2 aromatic heterocycles. The number of benzene rings is 2. The molecule has 11 heteroatoms. The molecule has 6 rings (SSSR count). The number of ether oxygens (including phenoxy) is 1. The second kappa shape index (κ2) is 15.7. The topological polar surface area (TPSA) is 113 Å². The summed E-state index contributed by atoms with van der Waals surface area (Å²) < 4.78 is 22.0. The molecule has 0 spiro atoms. The number of aryl methyl sites for hydroxylation is 2. The lowest BCUT2D eigenvalue weighted by Gasteiger charge is -2.36. The van der Waals surface area contributed by atoms with Crippen molar-refractivity contribution in [2.75, 3.05) is 19.6 Å². The second-order valence-electron chi connectivity index (χ2n) is 13.5. The fourth-order valence-electron chi connectivity index (χ4n) is 6.96.